The van der Waals surface area contributed by atoms with Gasteiger partial charge >= 0.3 is 0 Å². The summed E-state index contributed by atoms with van der Waals surface area (Å²) in [7, 11) is 0. The summed E-state index contributed by atoms with van der Waals surface area (Å²) in [4.78, 5) is 10.0. The second kappa shape index (κ2) is 4.84. The minimum Gasteiger partial charge on any atom is -0.457 e. The number of nitro benzene ring substituents is 1. The van der Waals surface area contributed by atoms with Crippen LogP contribution in [0.3, 0.4) is 0 Å². The highest BCUT2D eigenvalue weighted by Gasteiger charge is 2.07. The van der Waals surface area contributed by atoms with Gasteiger partial charge in [0.15, 0.2) is 0 Å². The first-order valence-electron chi connectivity index (χ1n) is 4.75. The van der Waals surface area contributed by atoms with E-state index in [-0.39, 0.29) is 5.69 Å². The molecule has 0 aromatic heterocycles. The maximum Gasteiger partial charge on any atom is 0.281 e. The third-order valence-electron chi connectivity index (χ3n) is 2.00. The molecule has 2 rings (SSSR count). The Hall–Kier alpha value is -2.07. The molecule has 0 aliphatic carbocycles. The average molecular weight is 249 g/mol. The number of nitrogens with zero attached hydrogens (tertiary/aromatic N) is 1. The summed E-state index contributed by atoms with van der Waals surface area (Å²) in [5, 5.41) is 11.2. The molecule has 0 fully saturated rings. The zero-order chi connectivity index (χ0) is 12.3. The van der Waals surface area contributed by atoms with Crippen molar-refractivity contribution >= 4 is 17.3 Å². The van der Waals surface area contributed by atoms with Crippen LogP contribution in [0.2, 0.25) is 5.02 Å². The van der Waals surface area contributed by atoms with E-state index in [4.69, 9.17) is 16.3 Å². The first kappa shape index (κ1) is 11.4. The van der Waals surface area contributed by atoms with Gasteiger partial charge in [-0.2, -0.15) is 0 Å². The van der Waals surface area contributed by atoms with Gasteiger partial charge in [-0.3, -0.25) is 10.1 Å². The second-order valence-corrected chi connectivity index (χ2v) is 3.66. The lowest BCUT2D eigenvalue weighted by atomic mass is 10.3. The van der Waals surface area contributed by atoms with Crippen LogP contribution in [-0.2, 0) is 0 Å². The molecule has 0 saturated heterocycles. The number of non-ortho nitro benzene ring substituents is 1. The number of hydrogen-bond donors (Lipinski definition) is 0. The number of ether oxygens (including phenoxy) is 1. The van der Waals surface area contributed by atoms with Crippen molar-refractivity contribution in [1.29, 1.82) is 0 Å². The lowest BCUT2D eigenvalue weighted by molar-refractivity contribution is -0.385. The fourth-order valence-electron chi connectivity index (χ4n) is 1.24. The molecular formula is C12H7ClNO3. The molecule has 0 heterocycles. The third-order valence-corrected chi connectivity index (χ3v) is 2.26. The standard InChI is InChI=1S/C12H7ClNO3/c13-9-4-6-11(7-5-9)17-12-3-1-2-10(8-12)14(15)16/h1,3-8H. The van der Waals surface area contributed by atoms with E-state index in [9.17, 15) is 10.1 Å². The molecule has 0 spiro atoms. The summed E-state index contributed by atoms with van der Waals surface area (Å²) < 4.78 is 5.44. The molecule has 2 aromatic carbocycles. The fraction of sp³-hybridized carbons (Fsp3) is 0. The van der Waals surface area contributed by atoms with Gasteiger partial charge in [-0.1, -0.05) is 11.6 Å². The zero-order valence-electron chi connectivity index (χ0n) is 8.59. The van der Waals surface area contributed by atoms with Gasteiger partial charge in [-0.15, -0.1) is 0 Å². The van der Waals surface area contributed by atoms with Gasteiger partial charge < -0.3 is 4.74 Å². The fourth-order valence-corrected chi connectivity index (χ4v) is 1.37. The molecule has 0 aliphatic heterocycles. The van der Waals surface area contributed by atoms with Crippen molar-refractivity contribution in [3.8, 4) is 11.5 Å². The molecule has 85 valence electrons. The van der Waals surface area contributed by atoms with Crippen LogP contribution in [0.4, 0.5) is 5.69 Å². The van der Waals surface area contributed by atoms with Crippen LogP contribution in [-0.4, -0.2) is 4.92 Å². The summed E-state index contributed by atoms with van der Waals surface area (Å²) in [5.41, 5.74) is -0.128. The summed E-state index contributed by atoms with van der Waals surface area (Å²) in [6, 6.07) is 13.6. The van der Waals surface area contributed by atoms with Crippen LogP contribution in [0.25, 0.3) is 0 Å². The Labute approximate surface area is 103 Å². The average Bonchev–Trinajstić information content (AvgIpc) is 2.32. The predicted octanol–water partition coefficient (Wildman–Crippen LogP) is 3.84. The molecule has 0 atom stereocenters. The molecule has 17 heavy (non-hydrogen) atoms. The number of halogens is 1. The minimum atomic E-state index is -0.519. The Morgan fingerprint density at radius 2 is 1.88 bits per heavy atom. The molecule has 1 radical (unpaired) electrons. The quantitative estimate of drug-likeness (QED) is 0.612. The summed E-state index contributed by atoms with van der Waals surface area (Å²) >= 11 is 5.73. The smallest absolute Gasteiger partial charge is 0.281 e. The van der Waals surface area contributed by atoms with Crippen molar-refractivity contribution in [1.82, 2.24) is 0 Å². The number of hydrogen-bond acceptors (Lipinski definition) is 3. The third kappa shape index (κ3) is 2.95. The SMILES string of the molecule is O=[N+]([O-])c1[c]ccc(Oc2ccc(Cl)cc2)c1. The van der Waals surface area contributed by atoms with Crippen molar-refractivity contribution in [3.05, 3.63) is 63.7 Å². The molecule has 5 heteroatoms. The Bertz CT molecular complexity index is 540. The van der Waals surface area contributed by atoms with Crippen molar-refractivity contribution in [2.24, 2.45) is 0 Å². The lowest BCUT2D eigenvalue weighted by Gasteiger charge is -2.04. The lowest BCUT2D eigenvalue weighted by Crippen LogP contribution is -1.89. The van der Waals surface area contributed by atoms with E-state index >= 15 is 0 Å². The van der Waals surface area contributed by atoms with Crippen molar-refractivity contribution in [3.63, 3.8) is 0 Å². The molecule has 0 amide bonds. The van der Waals surface area contributed by atoms with Crippen molar-refractivity contribution in [2.45, 2.75) is 0 Å². The Balaban J connectivity index is 2.21. The van der Waals surface area contributed by atoms with E-state index in [1.807, 2.05) is 0 Å². The molecule has 0 aliphatic rings. The highest BCUT2D eigenvalue weighted by molar-refractivity contribution is 6.30. The molecule has 0 N–H and O–H groups in total. The predicted molar refractivity (Wildman–Crippen MR) is 63.5 cm³/mol. The Morgan fingerprint density at radius 3 is 2.53 bits per heavy atom. The Kier molecular flexibility index (Phi) is 3.25. The van der Waals surface area contributed by atoms with E-state index in [1.54, 1.807) is 30.3 Å². The topological polar surface area (TPSA) is 52.4 Å². The first-order valence-corrected chi connectivity index (χ1v) is 5.12. The van der Waals surface area contributed by atoms with E-state index in [0.717, 1.165) is 0 Å². The normalized spacial score (nSPS) is 9.94. The highest BCUT2D eigenvalue weighted by atomic mass is 35.5. The van der Waals surface area contributed by atoms with Gasteiger partial charge in [0.2, 0.25) is 0 Å². The number of rotatable bonds is 3. The van der Waals surface area contributed by atoms with E-state index in [1.165, 1.54) is 12.1 Å². The van der Waals surface area contributed by atoms with Crippen molar-refractivity contribution < 1.29 is 9.66 Å². The Morgan fingerprint density at radius 1 is 1.18 bits per heavy atom. The summed E-state index contributed by atoms with van der Waals surface area (Å²) in [6.45, 7) is 0. The van der Waals surface area contributed by atoms with Crippen LogP contribution in [0, 0.1) is 16.2 Å². The minimum absolute atomic E-state index is 0.128. The van der Waals surface area contributed by atoms with Gasteiger partial charge in [0, 0.05) is 5.02 Å². The van der Waals surface area contributed by atoms with Crippen LogP contribution in [0.15, 0.2) is 42.5 Å². The van der Waals surface area contributed by atoms with Crippen LogP contribution in [0.5, 0.6) is 11.5 Å². The maximum absolute atomic E-state index is 10.6. The summed E-state index contributed by atoms with van der Waals surface area (Å²) in [5.74, 6) is 0.952. The van der Waals surface area contributed by atoms with Crippen LogP contribution < -0.4 is 4.74 Å². The van der Waals surface area contributed by atoms with E-state index < -0.39 is 4.92 Å². The van der Waals surface area contributed by atoms with Gasteiger partial charge in [0.25, 0.3) is 5.69 Å². The zero-order valence-corrected chi connectivity index (χ0v) is 9.35. The molecule has 0 saturated carbocycles. The first-order chi connectivity index (χ1) is 8.15. The molecular weight excluding hydrogens is 242 g/mol. The number of nitro groups is 1. The van der Waals surface area contributed by atoms with Gasteiger partial charge in [0.05, 0.1) is 17.1 Å². The molecule has 2 aromatic rings. The molecule has 4 nitrogen and oxygen atoms in total. The second-order valence-electron chi connectivity index (χ2n) is 3.22. The summed E-state index contributed by atoms with van der Waals surface area (Å²) in [6.07, 6.45) is 0. The van der Waals surface area contributed by atoms with Crippen molar-refractivity contribution in [2.75, 3.05) is 0 Å². The molecule has 0 unspecified atom stereocenters. The van der Waals surface area contributed by atoms with E-state index in [0.29, 0.717) is 16.5 Å². The maximum atomic E-state index is 10.6. The monoisotopic (exact) mass is 248 g/mol. The van der Waals surface area contributed by atoms with Gasteiger partial charge in [0.1, 0.15) is 11.5 Å². The number of benzene rings is 2. The van der Waals surface area contributed by atoms with E-state index in [2.05, 4.69) is 6.07 Å². The molecule has 0 bridgehead atoms. The van der Waals surface area contributed by atoms with Crippen LogP contribution in [0.1, 0.15) is 0 Å². The van der Waals surface area contributed by atoms with Crippen LogP contribution >= 0.6 is 11.6 Å². The highest BCUT2D eigenvalue weighted by Crippen LogP contribution is 2.25. The van der Waals surface area contributed by atoms with Gasteiger partial charge in [-0.05, 0) is 36.4 Å². The largest absolute Gasteiger partial charge is 0.457 e. The van der Waals surface area contributed by atoms with Gasteiger partial charge in [-0.25, -0.2) is 0 Å².